The fourth-order valence-electron chi connectivity index (χ4n) is 3.52. The molecule has 4 heterocycles. The maximum Gasteiger partial charge on any atom is 0.313 e. The van der Waals surface area contributed by atoms with Gasteiger partial charge in [0.25, 0.3) is 0 Å². The van der Waals surface area contributed by atoms with Gasteiger partial charge in [0.05, 0.1) is 23.6 Å². The molecule has 4 rings (SSSR count). The molecule has 3 aromatic rings. The third kappa shape index (κ3) is 3.42. The average molecular weight is 366 g/mol. The van der Waals surface area contributed by atoms with Crippen molar-refractivity contribution in [2.75, 3.05) is 5.32 Å². The summed E-state index contributed by atoms with van der Waals surface area (Å²) in [5.41, 5.74) is 4.02. The zero-order valence-corrected chi connectivity index (χ0v) is 15.5. The number of anilines is 1. The number of hydrogen-bond acceptors (Lipinski definition) is 4. The normalized spacial score (nSPS) is 13.4. The number of amides is 2. The Morgan fingerprint density at radius 3 is 2.89 bits per heavy atom. The summed E-state index contributed by atoms with van der Waals surface area (Å²) in [7, 11) is 0. The molecule has 0 radical (unpaired) electrons. The van der Waals surface area contributed by atoms with Crippen molar-refractivity contribution in [3.05, 3.63) is 47.4 Å². The van der Waals surface area contributed by atoms with Crippen LogP contribution in [0, 0.1) is 13.8 Å². The zero-order chi connectivity index (χ0) is 19.0. The number of aromatic nitrogens is 4. The summed E-state index contributed by atoms with van der Waals surface area (Å²) < 4.78 is 4.02. The van der Waals surface area contributed by atoms with Crippen molar-refractivity contribution in [3.8, 4) is 0 Å². The van der Waals surface area contributed by atoms with Crippen molar-refractivity contribution in [2.24, 2.45) is 0 Å². The number of carbonyl (C=O) groups excluding carboxylic acids is 2. The molecule has 2 amide bonds. The van der Waals surface area contributed by atoms with Crippen LogP contribution in [0.1, 0.15) is 35.7 Å². The monoisotopic (exact) mass is 366 g/mol. The van der Waals surface area contributed by atoms with Crippen LogP contribution in [0.3, 0.4) is 0 Å². The molecule has 0 saturated carbocycles. The molecule has 8 nitrogen and oxygen atoms in total. The van der Waals surface area contributed by atoms with E-state index in [0.29, 0.717) is 17.9 Å². The minimum Gasteiger partial charge on any atom is -0.342 e. The fraction of sp³-hybridized carbons (Fsp3) is 0.368. The van der Waals surface area contributed by atoms with Crippen LogP contribution in [0.5, 0.6) is 0 Å². The van der Waals surface area contributed by atoms with Gasteiger partial charge in [-0.15, -0.1) is 0 Å². The summed E-state index contributed by atoms with van der Waals surface area (Å²) in [6.07, 6.45) is 6.91. The minimum absolute atomic E-state index is 0.295. The topological polar surface area (TPSA) is 93.3 Å². The molecule has 8 heteroatoms. The first kappa shape index (κ1) is 17.3. The summed E-state index contributed by atoms with van der Waals surface area (Å²) in [6.45, 7) is 5.05. The van der Waals surface area contributed by atoms with Gasteiger partial charge in [0.1, 0.15) is 11.5 Å². The van der Waals surface area contributed by atoms with Crippen molar-refractivity contribution in [3.63, 3.8) is 0 Å². The van der Waals surface area contributed by atoms with E-state index in [0.717, 1.165) is 48.7 Å². The van der Waals surface area contributed by atoms with Gasteiger partial charge in [0.15, 0.2) is 0 Å². The Balaban J connectivity index is 1.40. The number of nitrogens with zero attached hydrogens (tertiary/aromatic N) is 4. The van der Waals surface area contributed by atoms with Gasteiger partial charge in [0.2, 0.25) is 0 Å². The molecule has 0 atom stereocenters. The fourth-order valence-corrected chi connectivity index (χ4v) is 3.52. The molecule has 0 fully saturated rings. The minimum atomic E-state index is -0.696. The molecule has 0 aromatic carbocycles. The average Bonchev–Trinajstić information content (AvgIpc) is 3.17. The van der Waals surface area contributed by atoms with E-state index in [1.807, 2.05) is 24.4 Å². The van der Waals surface area contributed by atoms with E-state index < -0.39 is 11.8 Å². The van der Waals surface area contributed by atoms with Gasteiger partial charge in [-0.2, -0.15) is 0 Å². The number of carbonyl (C=O) groups is 2. The number of aryl methyl sites for hydroxylation is 3. The third-order valence-corrected chi connectivity index (χ3v) is 4.85. The molecule has 0 saturated heterocycles. The predicted octanol–water partition coefficient (Wildman–Crippen LogP) is 1.74. The van der Waals surface area contributed by atoms with E-state index in [-0.39, 0.29) is 0 Å². The summed E-state index contributed by atoms with van der Waals surface area (Å²) in [5, 5.41) is 5.33. The van der Waals surface area contributed by atoms with E-state index in [1.54, 1.807) is 18.3 Å². The van der Waals surface area contributed by atoms with Gasteiger partial charge in [-0.05, 0) is 32.8 Å². The Morgan fingerprint density at radius 2 is 2.04 bits per heavy atom. The molecule has 0 unspecified atom stereocenters. The van der Waals surface area contributed by atoms with Crippen LogP contribution in [0.15, 0.2) is 24.5 Å². The highest BCUT2D eigenvalue weighted by Gasteiger charge is 2.19. The van der Waals surface area contributed by atoms with Crippen LogP contribution in [0.25, 0.3) is 5.65 Å². The van der Waals surface area contributed by atoms with Crippen LogP contribution in [-0.4, -0.2) is 30.8 Å². The van der Waals surface area contributed by atoms with E-state index in [2.05, 4.69) is 25.2 Å². The maximum atomic E-state index is 12.2. The molecule has 140 valence electrons. The van der Waals surface area contributed by atoms with Crippen LogP contribution in [-0.2, 0) is 29.1 Å². The standard InChI is InChI=1S/C19H22N6O2/c1-12-11-24-8-6-14(9-17(24)21-12)23-19(27)18(26)20-10-15-13(2)22-16-5-3-4-7-25(15)16/h6,8-9,11H,3-5,7,10H2,1-2H3,(H,20,26)(H,23,27). The van der Waals surface area contributed by atoms with Gasteiger partial charge >= 0.3 is 11.8 Å². The van der Waals surface area contributed by atoms with E-state index >= 15 is 0 Å². The van der Waals surface area contributed by atoms with Crippen molar-refractivity contribution in [2.45, 2.75) is 46.2 Å². The predicted molar refractivity (Wildman–Crippen MR) is 100 cm³/mol. The highest BCUT2D eigenvalue weighted by Crippen LogP contribution is 2.19. The summed E-state index contributed by atoms with van der Waals surface area (Å²) in [5.74, 6) is -0.297. The maximum absolute atomic E-state index is 12.2. The summed E-state index contributed by atoms with van der Waals surface area (Å²) in [6, 6.07) is 3.46. The smallest absolute Gasteiger partial charge is 0.313 e. The van der Waals surface area contributed by atoms with Crippen molar-refractivity contribution >= 4 is 23.1 Å². The van der Waals surface area contributed by atoms with Crippen LogP contribution in [0.2, 0.25) is 0 Å². The van der Waals surface area contributed by atoms with Gasteiger partial charge in [-0.25, -0.2) is 9.97 Å². The van der Waals surface area contributed by atoms with Gasteiger partial charge in [-0.1, -0.05) is 0 Å². The van der Waals surface area contributed by atoms with Crippen molar-refractivity contribution in [1.29, 1.82) is 0 Å². The number of pyridine rings is 1. The van der Waals surface area contributed by atoms with Crippen LogP contribution < -0.4 is 10.6 Å². The third-order valence-electron chi connectivity index (χ3n) is 4.85. The Morgan fingerprint density at radius 1 is 1.19 bits per heavy atom. The lowest BCUT2D eigenvalue weighted by atomic mass is 10.1. The van der Waals surface area contributed by atoms with Gasteiger partial charge in [0, 0.05) is 37.1 Å². The second-order valence-electron chi connectivity index (χ2n) is 6.87. The molecule has 3 aromatic heterocycles. The van der Waals surface area contributed by atoms with E-state index in [1.165, 1.54) is 0 Å². The Labute approximate surface area is 156 Å². The van der Waals surface area contributed by atoms with Crippen molar-refractivity contribution in [1.82, 2.24) is 24.3 Å². The molecule has 1 aliphatic rings. The Bertz CT molecular complexity index is 1030. The second-order valence-corrected chi connectivity index (χ2v) is 6.87. The number of fused-ring (bicyclic) bond motifs is 2. The van der Waals surface area contributed by atoms with E-state index in [4.69, 9.17) is 0 Å². The molecule has 0 bridgehead atoms. The second kappa shape index (κ2) is 6.86. The lowest BCUT2D eigenvalue weighted by molar-refractivity contribution is -0.136. The zero-order valence-electron chi connectivity index (χ0n) is 15.5. The van der Waals surface area contributed by atoms with Crippen LogP contribution in [0.4, 0.5) is 5.69 Å². The number of hydrogen-bond donors (Lipinski definition) is 2. The van der Waals surface area contributed by atoms with E-state index in [9.17, 15) is 9.59 Å². The first-order chi connectivity index (χ1) is 13.0. The Hall–Kier alpha value is -3.16. The molecule has 2 N–H and O–H groups in total. The summed E-state index contributed by atoms with van der Waals surface area (Å²) in [4.78, 5) is 33.4. The lowest BCUT2D eigenvalue weighted by Crippen LogP contribution is -2.35. The highest BCUT2D eigenvalue weighted by molar-refractivity contribution is 6.39. The molecule has 0 spiro atoms. The van der Waals surface area contributed by atoms with Crippen molar-refractivity contribution < 1.29 is 9.59 Å². The SMILES string of the molecule is Cc1cn2ccc(NC(=O)C(=O)NCc3c(C)nc4n3CCCC4)cc2n1. The van der Waals surface area contributed by atoms with Gasteiger partial charge in [-0.3, -0.25) is 9.59 Å². The Kier molecular flexibility index (Phi) is 4.39. The number of nitrogens with one attached hydrogen (secondary N) is 2. The largest absolute Gasteiger partial charge is 0.342 e. The number of imidazole rings is 2. The highest BCUT2D eigenvalue weighted by atomic mass is 16.2. The first-order valence-electron chi connectivity index (χ1n) is 9.10. The molecule has 27 heavy (non-hydrogen) atoms. The molecule has 1 aliphatic heterocycles. The quantitative estimate of drug-likeness (QED) is 0.691. The molecule has 0 aliphatic carbocycles. The first-order valence-corrected chi connectivity index (χ1v) is 9.10. The lowest BCUT2D eigenvalue weighted by Gasteiger charge is -2.16. The number of rotatable bonds is 3. The molecular weight excluding hydrogens is 344 g/mol. The van der Waals surface area contributed by atoms with Crippen LogP contribution >= 0.6 is 0 Å². The van der Waals surface area contributed by atoms with Gasteiger partial charge < -0.3 is 19.6 Å². The molecular formula is C19H22N6O2. The summed E-state index contributed by atoms with van der Waals surface area (Å²) >= 11 is 0.